The molecule has 1 aliphatic rings. The van der Waals surface area contributed by atoms with Crippen molar-refractivity contribution in [2.75, 3.05) is 45.9 Å². The molecule has 0 aliphatic carbocycles. The molecule has 0 unspecified atom stereocenters. The van der Waals surface area contributed by atoms with Gasteiger partial charge in [0.25, 0.3) is 0 Å². The van der Waals surface area contributed by atoms with E-state index >= 15 is 0 Å². The summed E-state index contributed by atoms with van der Waals surface area (Å²) in [6.45, 7) is 7.11. The van der Waals surface area contributed by atoms with Crippen LogP contribution in [0.1, 0.15) is 20.3 Å². The van der Waals surface area contributed by atoms with E-state index in [9.17, 15) is 13.2 Å². The van der Waals surface area contributed by atoms with Gasteiger partial charge in [0.1, 0.15) is 4.90 Å². The van der Waals surface area contributed by atoms with Crippen LogP contribution in [-0.4, -0.2) is 75.5 Å². The molecular formula is C18H28ClN3O4S. The molecule has 1 amide bonds. The number of sulfonamides is 1. The number of nitrogens with zero attached hydrogens (tertiary/aromatic N) is 2. The predicted octanol–water partition coefficient (Wildman–Crippen LogP) is 1.58. The van der Waals surface area contributed by atoms with Crippen molar-refractivity contribution in [2.24, 2.45) is 0 Å². The molecule has 0 radical (unpaired) electrons. The second kappa shape index (κ2) is 10.4. The zero-order valence-corrected chi connectivity index (χ0v) is 17.4. The van der Waals surface area contributed by atoms with E-state index in [-0.39, 0.29) is 28.5 Å². The van der Waals surface area contributed by atoms with Gasteiger partial charge in [0, 0.05) is 39.3 Å². The lowest BCUT2D eigenvalue weighted by atomic mass is 10.3. The molecule has 1 fully saturated rings. The molecule has 1 N–H and O–H groups in total. The highest BCUT2D eigenvalue weighted by atomic mass is 35.5. The van der Waals surface area contributed by atoms with E-state index in [2.05, 4.69) is 5.32 Å². The average molecular weight is 418 g/mol. The third-order valence-corrected chi connectivity index (χ3v) is 6.65. The molecule has 7 nitrogen and oxygen atoms in total. The minimum atomic E-state index is -3.61. The Hall–Kier alpha value is -1.19. The van der Waals surface area contributed by atoms with Crippen LogP contribution in [0, 0.1) is 0 Å². The quantitative estimate of drug-likeness (QED) is 0.617. The van der Waals surface area contributed by atoms with Crippen molar-refractivity contribution < 1.29 is 17.9 Å². The van der Waals surface area contributed by atoms with Crippen LogP contribution < -0.4 is 5.32 Å². The van der Waals surface area contributed by atoms with E-state index < -0.39 is 10.0 Å². The Morgan fingerprint density at radius 2 is 1.89 bits per heavy atom. The van der Waals surface area contributed by atoms with Gasteiger partial charge in [-0.3, -0.25) is 9.69 Å². The third kappa shape index (κ3) is 6.73. The summed E-state index contributed by atoms with van der Waals surface area (Å²) in [5.41, 5.74) is 0. The van der Waals surface area contributed by atoms with Crippen molar-refractivity contribution in [3.63, 3.8) is 0 Å². The Labute approximate surface area is 166 Å². The molecule has 152 valence electrons. The zero-order chi connectivity index (χ0) is 19.9. The molecule has 0 aromatic heterocycles. The van der Waals surface area contributed by atoms with Gasteiger partial charge in [-0.05, 0) is 32.4 Å². The first kappa shape index (κ1) is 22.1. The number of amides is 1. The number of ether oxygens (including phenoxy) is 1. The first-order valence-electron chi connectivity index (χ1n) is 9.16. The van der Waals surface area contributed by atoms with Gasteiger partial charge >= 0.3 is 0 Å². The van der Waals surface area contributed by atoms with Crippen LogP contribution in [0.25, 0.3) is 0 Å². The maximum Gasteiger partial charge on any atom is 0.244 e. The smallest absolute Gasteiger partial charge is 0.244 e. The predicted molar refractivity (Wildman–Crippen MR) is 105 cm³/mol. The highest BCUT2D eigenvalue weighted by molar-refractivity contribution is 7.89. The number of carbonyl (C=O) groups excluding carboxylic acids is 1. The minimum absolute atomic E-state index is 0.0537. The molecule has 1 saturated heterocycles. The van der Waals surface area contributed by atoms with Crippen LogP contribution >= 0.6 is 11.6 Å². The lowest BCUT2D eigenvalue weighted by Gasteiger charge is -2.33. The molecule has 1 aliphatic heterocycles. The largest absolute Gasteiger partial charge is 0.379 e. The number of hydrogen-bond acceptors (Lipinski definition) is 5. The van der Waals surface area contributed by atoms with Gasteiger partial charge in [0.15, 0.2) is 0 Å². The molecule has 2 rings (SSSR count). The van der Waals surface area contributed by atoms with Crippen molar-refractivity contribution in [2.45, 2.75) is 31.3 Å². The fourth-order valence-corrected chi connectivity index (χ4v) is 4.71. The number of carbonyl (C=O) groups is 1. The molecule has 0 bridgehead atoms. The van der Waals surface area contributed by atoms with E-state index in [1.165, 1.54) is 10.4 Å². The first-order chi connectivity index (χ1) is 12.8. The van der Waals surface area contributed by atoms with Crippen molar-refractivity contribution >= 4 is 27.5 Å². The highest BCUT2D eigenvalue weighted by Gasteiger charge is 2.30. The van der Waals surface area contributed by atoms with Gasteiger partial charge < -0.3 is 10.1 Å². The maximum atomic E-state index is 12.7. The Kier molecular flexibility index (Phi) is 8.50. The molecule has 9 heteroatoms. The second-order valence-corrected chi connectivity index (χ2v) is 9.05. The Balaban J connectivity index is 1.75. The molecule has 0 saturated carbocycles. The summed E-state index contributed by atoms with van der Waals surface area (Å²) in [5.74, 6) is -0.0537. The van der Waals surface area contributed by atoms with Gasteiger partial charge in [-0.1, -0.05) is 23.7 Å². The number of benzene rings is 1. The third-order valence-electron chi connectivity index (χ3n) is 4.25. The Bertz CT molecular complexity index is 719. The van der Waals surface area contributed by atoms with Gasteiger partial charge in [0.2, 0.25) is 15.9 Å². The molecule has 0 spiro atoms. The molecule has 1 aromatic carbocycles. The van der Waals surface area contributed by atoms with Crippen LogP contribution in [0.4, 0.5) is 0 Å². The molecule has 1 heterocycles. The van der Waals surface area contributed by atoms with Crippen molar-refractivity contribution in [1.82, 2.24) is 14.5 Å². The van der Waals surface area contributed by atoms with Gasteiger partial charge in [-0.15, -0.1) is 0 Å². The molecule has 1 aromatic rings. The van der Waals surface area contributed by atoms with Gasteiger partial charge in [-0.25, -0.2) is 8.42 Å². The van der Waals surface area contributed by atoms with Crippen LogP contribution in [0.3, 0.4) is 0 Å². The fourth-order valence-electron chi connectivity index (χ4n) is 2.80. The SMILES string of the molecule is CC(C)OCCCNC(=O)CN1CCN(S(=O)(=O)c2ccccc2Cl)CC1. The average Bonchev–Trinajstić information content (AvgIpc) is 2.62. The van der Waals surface area contributed by atoms with Crippen molar-refractivity contribution in [3.8, 4) is 0 Å². The van der Waals surface area contributed by atoms with Gasteiger partial charge in [-0.2, -0.15) is 4.31 Å². The van der Waals surface area contributed by atoms with Crippen LogP contribution in [-0.2, 0) is 19.6 Å². The first-order valence-corrected chi connectivity index (χ1v) is 11.0. The maximum absolute atomic E-state index is 12.7. The zero-order valence-electron chi connectivity index (χ0n) is 15.9. The van der Waals surface area contributed by atoms with Gasteiger partial charge in [0.05, 0.1) is 17.7 Å². The number of piperazine rings is 1. The summed E-state index contributed by atoms with van der Waals surface area (Å²) in [6, 6.07) is 6.44. The van der Waals surface area contributed by atoms with E-state index in [0.717, 1.165) is 6.42 Å². The topological polar surface area (TPSA) is 79.0 Å². The van der Waals surface area contributed by atoms with E-state index in [4.69, 9.17) is 16.3 Å². The fraction of sp³-hybridized carbons (Fsp3) is 0.611. The van der Waals surface area contributed by atoms with Crippen molar-refractivity contribution in [3.05, 3.63) is 29.3 Å². The Morgan fingerprint density at radius 1 is 1.22 bits per heavy atom. The number of hydrogen-bond donors (Lipinski definition) is 1. The Morgan fingerprint density at radius 3 is 2.52 bits per heavy atom. The summed E-state index contributed by atoms with van der Waals surface area (Å²) < 4.78 is 32.3. The summed E-state index contributed by atoms with van der Waals surface area (Å²) >= 11 is 6.04. The summed E-state index contributed by atoms with van der Waals surface area (Å²) in [7, 11) is -3.61. The van der Waals surface area contributed by atoms with E-state index in [0.29, 0.717) is 39.3 Å². The lowest BCUT2D eigenvalue weighted by Crippen LogP contribution is -2.51. The van der Waals surface area contributed by atoms with Crippen LogP contribution in [0.2, 0.25) is 5.02 Å². The van der Waals surface area contributed by atoms with E-state index in [1.54, 1.807) is 18.2 Å². The standard InChI is InChI=1S/C18H28ClN3O4S/c1-15(2)26-13-5-8-20-18(23)14-21-9-11-22(12-10-21)27(24,25)17-7-4-3-6-16(17)19/h3-4,6-7,15H,5,8-14H2,1-2H3,(H,20,23). The second-order valence-electron chi connectivity index (χ2n) is 6.73. The van der Waals surface area contributed by atoms with E-state index in [1.807, 2.05) is 18.7 Å². The lowest BCUT2D eigenvalue weighted by molar-refractivity contribution is -0.122. The number of halogens is 1. The van der Waals surface area contributed by atoms with Crippen molar-refractivity contribution in [1.29, 1.82) is 0 Å². The van der Waals surface area contributed by atoms with Crippen LogP contribution in [0.15, 0.2) is 29.2 Å². The highest BCUT2D eigenvalue weighted by Crippen LogP contribution is 2.24. The summed E-state index contributed by atoms with van der Waals surface area (Å²) in [5, 5.41) is 3.09. The van der Waals surface area contributed by atoms with Crippen LogP contribution in [0.5, 0.6) is 0 Å². The summed E-state index contributed by atoms with van der Waals surface area (Å²) in [4.78, 5) is 14.1. The summed E-state index contributed by atoms with van der Waals surface area (Å²) in [6.07, 6.45) is 0.965. The minimum Gasteiger partial charge on any atom is -0.379 e. The monoisotopic (exact) mass is 417 g/mol. The molecule has 27 heavy (non-hydrogen) atoms. The number of nitrogens with one attached hydrogen (secondary N) is 1. The normalized spacial score (nSPS) is 16.6. The number of rotatable bonds is 9. The molecular weight excluding hydrogens is 390 g/mol. The molecule has 0 atom stereocenters.